The molecule has 21 heavy (non-hydrogen) atoms. The number of aryl methyl sites for hydroxylation is 3. The highest BCUT2D eigenvalue weighted by atomic mass is 35.5. The Balaban J connectivity index is 2.14. The van der Waals surface area contributed by atoms with E-state index in [0.717, 1.165) is 41.3 Å². The Hall–Kier alpha value is -1.89. The highest BCUT2D eigenvalue weighted by Crippen LogP contribution is 2.22. The van der Waals surface area contributed by atoms with Crippen LogP contribution in [0.4, 0.5) is 0 Å². The average molecular weight is 308 g/mol. The molecule has 0 amide bonds. The number of rotatable bonds is 5. The lowest BCUT2D eigenvalue weighted by Crippen LogP contribution is -2.11. The van der Waals surface area contributed by atoms with Gasteiger partial charge in [0.15, 0.2) is 11.5 Å². The van der Waals surface area contributed by atoms with Gasteiger partial charge in [-0.3, -0.25) is 4.68 Å². The van der Waals surface area contributed by atoms with Gasteiger partial charge < -0.3 is 9.13 Å². The predicted molar refractivity (Wildman–Crippen MR) is 80.2 cm³/mol. The Bertz CT molecular complexity index is 767. The van der Waals surface area contributed by atoms with Crippen LogP contribution in [-0.2, 0) is 32.9 Å². The molecule has 0 bridgehead atoms. The average Bonchev–Trinajstić information content (AvgIpc) is 3.10. The third kappa shape index (κ3) is 2.31. The van der Waals surface area contributed by atoms with Crippen molar-refractivity contribution in [2.24, 2.45) is 14.1 Å². The van der Waals surface area contributed by atoms with Gasteiger partial charge in [-0.15, -0.1) is 21.8 Å². The Morgan fingerprint density at radius 1 is 1.24 bits per heavy atom. The van der Waals surface area contributed by atoms with Crippen LogP contribution in [0.15, 0.2) is 6.33 Å². The fourth-order valence-electron chi connectivity index (χ4n) is 2.55. The van der Waals surface area contributed by atoms with Crippen LogP contribution in [-0.4, -0.2) is 34.1 Å². The molecular formula is C13H18ClN7. The molecule has 0 spiro atoms. The molecule has 3 heterocycles. The third-order valence-electron chi connectivity index (χ3n) is 3.58. The molecule has 0 aliphatic heterocycles. The second-order valence-corrected chi connectivity index (χ2v) is 5.37. The van der Waals surface area contributed by atoms with E-state index in [9.17, 15) is 0 Å². The fraction of sp³-hybridized carbons (Fsp3) is 0.538. The first-order chi connectivity index (χ1) is 10.2. The van der Waals surface area contributed by atoms with Crippen LogP contribution in [0.3, 0.4) is 0 Å². The van der Waals surface area contributed by atoms with Crippen LogP contribution in [0.2, 0.25) is 0 Å². The Kier molecular flexibility index (Phi) is 3.67. The number of imidazole rings is 1. The minimum Gasteiger partial charge on any atom is -0.319 e. The fourth-order valence-corrected chi connectivity index (χ4v) is 2.76. The maximum Gasteiger partial charge on any atom is 0.159 e. The molecule has 3 aromatic heterocycles. The summed E-state index contributed by atoms with van der Waals surface area (Å²) in [5.41, 5.74) is 2.95. The predicted octanol–water partition coefficient (Wildman–Crippen LogP) is 1.64. The zero-order valence-electron chi connectivity index (χ0n) is 12.4. The maximum absolute atomic E-state index is 6.07. The molecule has 0 saturated heterocycles. The summed E-state index contributed by atoms with van der Waals surface area (Å²) in [4.78, 5) is 4.67. The highest BCUT2D eigenvalue weighted by molar-refractivity contribution is 6.16. The largest absolute Gasteiger partial charge is 0.319 e. The molecule has 0 aromatic carbocycles. The standard InChI is InChI=1S/C13H18ClN7/c1-4-5-9-12-13(20(3)18-9)21(10(6-14)16-12)7-11-17-15-8-19(11)2/h8H,4-7H2,1-3H3. The number of halogens is 1. The zero-order valence-corrected chi connectivity index (χ0v) is 13.2. The summed E-state index contributed by atoms with van der Waals surface area (Å²) in [5, 5.41) is 12.6. The van der Waals surface area contributed by atoms with Crippen molar-refractivity contribution in [2.45, 2.75) is 32.2 Å². The van der Waals surface area contributed by atoms with Crippen LogP contribution < -0.4 is 0 Å². The van der Waals surface area contributed by atoms with Gasteiger partial charge in [-0.2, -0.15) is 5.10 Å². The van der Waals surface area contributed by atoms with Crippen LogP contribution in [0.1, 0.15) is 30.7 Å². The molecule has 0 N–H and O–H groups in total. The highest BCUT2D eigenvalue weighted by Gasteiger charge is 2.19. The topological polar surface area (TPSA) is 66.3 Å². The van der Waals surface area contributed by atoms with E-state index in [1.54, 1.807) is 6.33 Å². The quantitative estimate of drug-likeness (QED) is 0.672. The third-order valence-corrected chi connectivity index (χ3v) is 3.82. The number of fused-ring (bicyclic) bond motifs is 1. The van der Waals surface area contributed by atoms with Gasteiger partial charge in [0.2, 0.25) is 0 Å². The first-order valence-electron chi connectivity index (χ1n) is 6.95. The number of hydrogen-bond acceptors (Lipinski definition) is 4. The first kappa shape index (κ1) is 14.1. The van der Waals surface area contributed by atoms with Crippen LogP contribution in [0, 0.1) is 0 Å². The lowest BCUT2D eigenvalue weighted by molar-refractivity contribution is 0.656. The lowest BCUT2D eigenvalue weighted by Gasteiger charge is -2.07. The van der Waals surface area contributed by atoms with Crippen molar-refractivity contribution in [2.75, 3.05) is 0 Å². The molecule has 0 fully saturated rings. The SMILES string of the molecule is CCCc1nn(C)c2c1nc(CCl)n2Cc1nncn1C. The molecule has 3 rings (SSSR count). The van der Waals surface area contributed by atoms with Crippen molar-refractivity contribution in [1.29, 1.82) is 0 Å². The van der Waals surface area contributed by atoms with Gasteiger partial charge in [0.25, 0.3) is 0 Å². The van der Waals surface area contributed by atoms with Crippen molar-refractivity contribution in [3.63, 3.8) is 0 Å². The summed E-state index contributed by atoms with van der Waals surface area (Å²) in [6.45, 7) is 2.72. The molecule has 0 saturated carbocycles. The molecule has 7 nitrogen and oxygen atoms in total. The van der Waals surface area contributed by atoms with E-state index in [1.165, 1.54) is 0 Å². The normalized spacial score (nSPS) is 11.6. The zero-order chi connectivity index (χ0) is 15.0. The monoisotopic (exact) mass is 307 g/mol. The Morgan fingerprint density at radius 2 is 2.05 bits per heavy atom. The number of alkyl halides is 1. The molecule has 0 unspecified atom stereocenters. The van der Waals surface area contributed by atoms with E-state index < -0.39 is 0 Å². The van der Waals surface area contributed by atoms with Crippen LogP contribution >= 0.6 is 11.6 Å². The van der Waals surface area contributed by atoms with E-state index in [0.29, 0.717) is 12.4 Å². The van der Waals surface area contributed by atoms with Gasteiger partial charge in [0.1, 0.15) is 17.7 Å². The second-order valence-electron chi connectivity index (χ2n) is 5.10. The summed E-state index contributed by atoms with van der Waals surface area (Å²) in [7, 11) is 3.87. The van der Waals surface area contributed by atoms with E-state index in [1.807, 2.05) is 23.3 Å². The van der Waals surface area contributed by atoms with Gasteiger partial charge in [0, 0.05) is 14.1 Å². The molecule has 112 valence electrons. The minimum absolute atomic E-state index is 0.359. The smallest absolute Gasteiger partial charge is 0.159 e. The molecule has 0 atom stereocenters. The van der Waals surface area contributed by atoms with E-state index in [-0.39, 0.29) is 0 Å². The molecule has 3 aromatic rings. The first-order valence-corrected chi connectivity index (χ1v) is 7.49. The van der Waals surface area contributed by atoms with Gasteiger partial charge in [-0.05, 0) is 6.42 Å². The van der Waals surface area contributed by atoms with Crippen LogP contribution in [0.25, 0.3) is 11.2 Å². The van der Waals surface area contributed by atoms with E-state index in [4.69, 9.17) is 11.6 Å². The minimum atomic E-state index is 0.359. The van der Waals surface area contributed by atoms with Gasteiger partial charge in [-0.25, -0.2) is 4.98 Å². The van der Waals surface area contributed by atoms with Gasteiger partial charge >= 0.3 is 0 Å². The molecule has 0 radical (unpaired) electrons. The molecule has 8 heteroatoms. The summed E-state index contributed by atoms with van der Waals surface area (Å²) >= 11 is 6.07. The van der Waals surface area contributed by atoms with E-state index >= 15 is 0 Å². The molecule has 0 aliphatic rings. The summed E-state index contributed by atoms with van der Waals surface area (Å²) in [6.07, 6.45) is 3.65. The van der Waals surface area contributed by atoms with Crippen molar-refractivity contribution in [3.8, 4) is 0 Å². The van der Waals surface area contributed by atoms with Gasteiger partial charge in [0.05, 0.1) is 18.1 Å². The molecular weight excluding hydrogens is 290 g/mol. The number of nitrogens with zero attached hydrogens (tertiary/aromatic N) is 7. The van der Waals surface area contributed by atoms with E-state index in [2.05, 4.69) is 31.8 Å². The Morgan fingerprint density at radius 3 is 2.67 bits per heavy atom. The number of aromatic nitrogens is 7. The van der Waals surface area contributed by atoms with Crippen molar-refractivity contribution in [1.82, 2.24) is 34.1 Å². The van der Waals surface area contributed by atoms with Crippen molar-refractivity contribution in [3.05, 3.63) is 23.7 Å². The Labute approximate surface area is 127 Å². The summed E-state index contributed by atoms with van der Waals surface area (Å²) in [5.74, 6) is 2.05. The summed E-state index contributed by atoms with van der Waals surface area (Å²) < 4.78 is 5.84. The summed E-state index contributed by atoms with van der Waals surface area (Å²) in [6, 6.07) is 0. The van der Waals surface area contributed by atoms with Gasteiger partial charge in [-0.1, -0.05) is 13.3 Å². The molecule has 0 aliphatic carbocycles. The lowest BCUT2D eigenvalue weighted by atomic mass is 10.2. The van der Waals surface area contributed by atoms with Crippen molar-refractivity contribution >= 4 is 22.8 Å². The second kappa shape index (κ2) is 5.48. The number of hydrogen-bond donors (Lipinski definition) is 0. The maximum atomic E-state index is 6.07. The van der Waals surface area contributed by atoms with Crippen molar-refractivity contribution < 1.29 is 0 Å². The van der Waals surface area contributed by atoms with Crippen LogP contribution in [0.5, 0.6) is 0 Å².